The van der Waals surface area contributed by atoms with Crippen molar-refractivity contribution >= 4 is 27.5 Å². The third-order valence-electron chi connectivity index (χ3n) is 4.16. The number of methoxy groups -OCH3 is 1. The molecule has 0 radical (unpaired) electrons. The molecule has 0 atom stereocenters. The van der Waals surface area contributed by atoms with Gasteiger partial charge in [-0.25, -0.2) is 8.78 Å². The first-order valence-electron chi connectivity index (χ1n) is 7.60. The Labute approximate surface area is 147 Å². The van der Waals surface area contributed by atoms with Gasteiger partial charge in [-0.2, -0.15) is 0 Å². The van der Waals surface area contributed by atoms with Gasteiger partial charge in [0, 0.05) is 24.6 Å². The molecule has 126 valence electrons. The highest BCUT2D eigenvalue weighted by atomic mass is 79.9. The summed E-state index contributed by atoms with van der Waals surface area (Å²) in [6.07, 6.45) is 1.24. The number of ether oxygens (including phenoxy) is 1. The number of hydrogen-bond donors (Lipinski definition) is 0. The van der Waals surface area contributed by atoms with Crippen molar-refractivity contribution in [3.05, 3.63) is 57.6 Å². The molecule has 3 rings (SSSR count). The van der Waals surface area contributed by atoms with Crippen molar-refractivity contribution in [2.24, 2.45) is 0 Å². The van der Waals surface area contributed by atoms with Gasteiger partial charge in [0.1, 0.15) is 17.4 Å². The lowest BCUT2D eigenvalue weighted by atomic mass is 10.1. The van der Waals surface area contributed by atoms with E-state index in [1.54, 1.807) is 7.11 Å². The second kappa shape index (κ2) is 6.89. The first-order valence-corrected chi connectivity index (χ1v) is 8.39. The van der Waals surface area contributed by atoms with Crippen LogP contribution in [-0.4, -0.2) is 19.6 Å². The van der Waals surface area contributed by atoms with Gasteiger partial charge in [-0.05, 0) is 52.5 Å². The molecule has 0 aromatic heterocycles. The average Bonchev–Trinajstić information content (AvgIpc) is 2.97. The van der Waals surface area contributed by atoms with E-state index in [0.29, 0.717) is 30.6 Å². The van der Waals surface area contributed by atoms with E-state index in [4.69, 9.17) is 4.74 Å². The number of carbonyl (C=O) groups is 1. The highest BCUT2D eigenvalue weighted by Crippen LogP contribution is 2.32. The van der Waals surface area contributed by atoms with Crippen molar-refractivity contribution in [1.29, 1.82) is 0 Å². The summed E-state index contributed by atoms with van der Waals surface area (Å²) in [5, 5.41) is 0. The van der Waals surface area contributed by atoms with Gasteiger partial charge in [-0.3, -0.25) is 4.79 Å². The maximum atomic E-state index is 13.8. The second-order valence-electron chi connectivity index (χ2n) is 5.65. The number of rotatable bonds is 4. The number of halogens is 3. The molecule has 0 fully saturated rings. The van der Waals surface area contributed by atoms with E-state index in [-0.39, 0.29) is 12.3 Å². The van der Waals surface area contributed by atoms with Gasteiger partial charge in [-0.15, -0.1) is 0 Å². The van der Waals surface area contributed by atoms with Crippen molar-refractivity contribution in [1.82, 2.24) is 0 Å². The van der Waals surface area contributed by atoms with Gasteiger partial charge in [0.2, 0.25) is 5.91 Å². The lowest BCUT2D eigenvalue weighted by Crippen LogP contribution is -2.29. The minimum Gasteiger partial charge on any atom is -0.496 e. The lowest BCUT2D eigenvalue weighted by Gasteiger charge is -2.17. The number of fused-ring (bicyclic) bond motifs is 1. The largest absolute Gasteiger partial charge is 0.496 e. The quantitative estimate of drug-likeness (QED) is 0.773. The van der Waals surface area contributed by atoms with Gasteiger partial charge >= 0.3 is 0 Å². The summed E-state index contributed by atoms with van der Waals surface area (Å²) in [6.45, 7) is 0.390. The molecule has 0 N–H and O–H groups in total. The topological polar surface area (TPSA) is 29.5 Å². The zero-order valence-electron chi connectivity index (χ0n) is 13.1. The molecule has 2 aromatic rings. The molecule has 3 nitrogen and oxygen atoms in total. The highest BCUT2D eigenvalue weighted by Gasteiger charge is 2.27. The van der Waals surface area contributed by atoms with Crippen molar-refractivity contribution in [3.63, 3.8) is 0 Å². The normalized spacial score (nSPS) is 13.1. The average molecular weight is 396 g/mol. The Hall–Kier alpha value is -1.95. The summed E-state index contributed by atoms with van der Waals surface area (Å²) in [5.74, 6) is -0.653. The first-order chi connectivity index (χ1) is 11.5. The summed E-state index contributed by atoms with van der Waals surface area (Å²) in [4.78, 5) is 13.9. The van der Waals surface area contributed by atoms with Crippen LogP contribution in [0.1, 0.15) is 17.5 Å². The Morgan fingerprint density at radius 2 is 2.08 bits per heavy atom. The summed E-state index contributed by atoms with van der Waals surface area (Å²) in [6, 6.07) is 7.73. The molecule has 1 amide bonds. The van der Waals surface area contributed by atoms with Gasteiger partial charge in [0.25, 0.3) is 0 Å². The van der Waals surface area contributed by atoms with E-state index in [0.717, 1.165) is 21.9 Å². The Morgan fingerprint density at radius 1 is 1.29 bits per heavy atom. The van der Waals surface area contributed by atoms with Crippen LogP contribution in [0.5, 0.6) is 5.75 Å². The predicted octanol–water partition coefficient (Wildman–Crippen LogP) is 4.26. The van der Waals surface area contributed by atoms with Crippen LogP contribution in [0.3, 0.4) is 0 Å². The first kappa shape index (κ1) is 16.9. The predicted molar refractivity (Wildman–Crippen MR) is 91.4 cm³/mol. The fraction of sp³-hybridized carbons (Fsp3) is 0.278. The summed E-state index contributed by atoms with van der Waals surface area (Å²) in [5.41, 5.74) is 1.76. The van der Waals surface area contributed by atoms with E-state index in [9.17, 15) is 13.6 Å². The second-order valence-corrected chi connectivity index (χ2v) is 6.50. The third-order valence-corrected chi connectivity index (χ3v) is 4.78. The Kier molecular flexibility index (Phi) is 4.85. The number of anilines is 1. The van der Waals surface area contributed by atoms with Crippen LogP contribution < -0.4 is 9.64 Å². The van der Waals surface area contributed by atoms with Crippen molar-refractivity contribution in [2.45, 2.75) is 19.3 Å². The van der Waals surface area contributed by atoms with Crippen LogP contribution in [0.15, 0.2) is 34.8 Å². The standard InChI is InChI=1S/C18H16BrF2NO2/c1-24-17-4-2-11(8-14(17)19)3-5-18(23)22-7-6-13-15(21)9-12(20)10-16(13)22/h2,4,8-10H,3,5-7H2,1H3. The fourth-order valence-electron chi connectivity index (χ4n) is 2.93. The SMILES string of the molecule is COc1ccc(CCC(=O)N2CCc3c(F)cc(F)cc32)cc1Br. The molecule has 0 unspecified atom stereocenters. The Balaban J connectivity index is 1.70. The number of benzene rings is 2. The minimum atomic E-state index is -0.662. The van der Waals surface area contributed by atoms with Gasteiger partial charge < -0.3 is 9.64 Å². The number of amides is 1. The smallest absolute Gasteiger partial charge is 0.227 e. The van der Waals surface area contributed by atoms with Gasteiger partial charge in [0.15, 0.2) is 0 Å². The molecule has 1 aliphatic rings. The molecule has 2 aromatic carbocycles. The monoisotopic (exact) mass is 395 g/mol. The summed E-state index contributed by atoms with van der Waals surface area (Å²) in [7, 11) is 1.59. The highest BCUT2D eigenvalue weighted by molar-refractivity contribution is 9.10. The number of carbonyl (C=O) groups excluding carboxylic acids is 1. The van der Waals surface area contributed by atoms with Crippen LogP contribution >= 0.6 is 15.9 Å². The van der Waals surface area contributed by atoms with Crippen molar-refractivity contribution in [3.8, 4) is 5.75 Å². The number of aryl methyl sites for hydroxylation is 1. The molecule has 24 heavy (non-hydrogen) atoms. The Morgan fingerprint density at radius 3 is 2.79 bits per heavy atom. The van der Waals surface area contributed by atoms with Crippen LogP contribution in [0.2, 0.25) is 0 Å². The zero-order valence-corrected chi connectivity index (χ0v) is 14.7. The van der Waals surface area contributed by atoms with Gasteiger partial charge in [0.05, 0.1) is 17.3 Å². The van der Waals surface area contributed by atoms with Crippen LogP contribution in [0, 0.1) is 11.6 Å². The molecular weight excluding hydrogens is 380 g/mol. The maximum Gasteiger partial charge on any atom is 0.227 e. The van der Waals surface area contributed by atoms with Crippen molar-refractivity contribution in [2.75, 3.05) is 18.6 Å². The number of nitrogens with zero attached hydrogens (tertiary/aromatic N) is 1. The maximum absolute atomic E-state index is 13.8. The van der Waals surface area contributed by atoms with E-state index < -0.39 is 11.6 Å². The molecule has 1 aliphatic heterocycles. The van der Waals surface area contributed by atoms with E-state index in [2.05, 4.69) is 15.9 Å². The third kappa shape index (κ3) is 3.29. The molecule has 0 bridgehead atoms. The lowest BCUT2D eigenvalue weighted by molar-refractivity contribution is -0.118. The molecule has 0 aliphatic carbocycles. The molecule has 1 heterocycles. The van der Waals surface area contributed by atoms with Crippen LogP contribution in [0.4, 0.5) is 14.5 Å². The van der Waals surface area contributed by atoms with Crippen molar-refractivity contribution < 1.29 is 18.3 Å². The summed E-state index contributed by atoms with van der Waals surface area (Å²) < 4.78 is 33.2. The molecule has 0 saturated carbocycles. The van der Waals surface area contributed by atoms with Crippen LogP contribution in [-0.2, 0) is 17.6 Å². The Bertz CT molecular complexity index is 795. The van der Waals surface area contributed by atoms with Crippen LogP contribution in [0.25, 0.3) is 0 Å². The molecule has 6 heteroatoms. The zero-order chi connectivity index (χ0) is 17.3. The van der Waals surface area contributed by atoms with E-state index in [1.807, 2.05) is 18.2 Å². The van der Waals surface area contributed by atoms with E-state index in [1.165, 1.54) is 11.0 Å². The minimum absolute atomic E-state index is 0.134. The molecule has 0 saturated heterocycles. The fourth-order valence-corrected chi connectivity index (χ4v) is 3.52. The summed E-state index contributed by atoms with van der Waals surface area (Å²) >= 11 is 3.41. The van der Waals surface area contributed by atoms with Gasteiger partial charge in [-0.1, -0.05) is 6.07 Å². The van der Waals surface area contributed by atoms with E-state index >= 15 is 0 Å². The number of hydrogen-bond acceptors (Lipinski definition) is 2. The molecular formula is C18H16BrF2NO2. The molecule has 0 spiro atoms.